The van der Waals surface area contributed by atoms with Crippen LogP contribution >= 0.6 is 27.7 Å². The van der Waals surface area contributed by atoms with Crippen LogP contribution in [0.2, 0.25) is 0 Å². The molecule has 1 spiro atoms. The monoisotopic (exact) mass is 612 g/mol. The summed E-state index contributed by atoms with van der Waals surface area (Å²) in [5.41, 5.74) is 2.50. The first-order valence-electron chi connectivity index (χ1n) is 13.1. The minimum Gasteiger partial charge on any atom is -0.396 e. The Bertz CT molecular complexity index is 1410. The summed E-state index contributed by atoms with van der Waals surface area (Å²) in [6, 6.07) is 16.4. The first-order chi connectivity index (χ1) is 18.9. The number of fused-ring (bicyclic) bond motifs is 2. The summed E-state index contributed by atoms with van der Waals surface area (Å²) in [6.45, 7) is 0.622. The third-order valence-corrected chi connectivity index (χ3v) is 11.3. The molecule has 4 heterocycles. The van der Waals surface area contributed by atoms with E-state index in [0.717, 1.165) is 16.6 Å². The molecule has 2 bridgehead atoms. The smallest absolute Gasteiger partial charge is 0.245 e. The SMILES string of the molecule is O=C(NCn1nnc2ccccc21)C1N(CCCO)C(=O)[C@@H]2[C@@H](C(=O)NCc3ccccc3)[C@@H]3SC12CC3Br. The van der Waals surface area contributed by atoms with Crippen molar-refractivity contribution < 1.29 is 19.5 Å². The maximum atomic E-state index is 13.9. The number of aromatic nitrogens is 3. The van der Waals surface area contributed by atoms with E-state index in [1.807, 2.05) is 54.6 Å². The van der Waals surface area contributed by atoms with Gasteiger partial charge in [-0.2, -0.15) is 0 Å². The number of rotatable bonds is 9. The van der Waals surface area contributed by atoms with Crippen LogP contribution in [0.5, 0.6) is 0 Å². The third kappa shape index (κ3) is 4.42. The van der Waals surface area contributed by atoms with E-state index in [4.69, 9.17) is 0 Å². The second-order valence-corrected chi connectivity index (χ2v) is 13.0. The Labute approximate surface area is 238 Å². The van der Waals surface area contributed by atoms with Gasteiger partial charge in [0.15, 0.2) is 0 Å². The van der Waals surface area contributed by atoms with E-state index in [-0.39, 0.29) is 47.6 Å². The van der Waals surface area contributed by atoms with Crippen molar-refractivity contribution in [3.05, 3.63) is 60.2 Å². The van der Waals surface area contributed by atoms with Crippen molar-refractivity contribution in [2.75, 3.05) is 13.2 Å². The molecule has 3 aromatic rings. The molecule has 1 aromatic heterocycles. The Hall–Kier alpha value is -2.96. The largest absolute Gasteiger partial charge is 0.396 e. The predicted molar refractivity (Wildman–Crippen MR) is 150 cm³/mol. The Morgan fingerprint density at radius 3 is 2.67 bits per heavy atom. The number of carbonyl (C=O) groups is 3. The summed E-state index contributed by atoms with van der Waals surface area (Å²) < 4.78 is 0.873. The summed E-state index contributed by atoms with van der Waals surface area (Å²) in [6.07, 6.45) is 0.948. The van der Waals surface area contributed by atoms with E-state index >= 15 is 0 Å². The lowest BCUT2D eigenvalue weighted by Crippen LogP contribution is -2.55. The quantitative estimate of drug-likeness (QED) is 0.313. The second-order valence-electron chi connectivity index (χ2n) is 10.3. The molecule has 2 aromatic carbocycles. The molecule has 0 radical (unpaired) electrons. The van der Waals surface area contributed by atoms with Gasteiger partial charge in [0.25, 0.3) is 0 Å². The van der Waals surface area contributed by atoms with Crippen LogP contribution in [0, 0.1) is 11.8 Å². The first-order valence-corrected chi connectivity index (χ1v) is 14.8. The van der Waals surface area contributed by atoms with Gasteiger partial charge in [0.2, 0.25) is 17.7 Å². The molecule has 39 heavy (non-hydrogen) atoms. The van der Waals surface area contributed by atoms with E-state index in [0.29, 0.717) is 19.4 Å². The van der Waals surface area contributed by atoms with Crippen LogP contribution in [-0.4, -0.2) is 76.7 Å². The fourth-order valence-electron chi connectivity index (χ4n) is 6.40. The molecular formula is C27H29BrN6O4S. The minimum atomic E-state index is -0.765. The number of amides is 3. The maximum absolute atomic E-state index is 13.9. The van der Waals surface area contributed by atoms with Crippen LogP contribution in [0.4, 0.5) is 0 Å². The highest BCUT2D eigenvalue weighted by atomic mass is 79.9. The van der Waals surface area contributed by atoms with Crippen molar-refractivity contribution in [1.29, 1.82) is 0 Å². The lowest BCUT2D eigenvalue weighted by atomic mass is 9.70. The molecule has 12 heteroatoms. The van der Waals surface area contributed by atoms with Crippen molar-refractivity contribution >= 4 is 56.4 Å². The van der Waals surface area contributed by atoms with Gasteiger partial charge in [-0.3, -0.25) is 14.4 Å². The lowest BCUT2D eigenvalue weighted by Gasteiger charge is -2.35. The molecular weight excluding hydrogens is 584 g/mol. The van der Waals surface area contributed by atoms with Gasteiger partial charge in [0.05, 0.1) is 22.1 Å². The Morgan fingerprint density at radius 1 is 1.10 bits per heavy atom. The van der Waals surface area contributed by atoms with Gasteiger partial charge >= 0.3 is 0 Å². The van der Waals surface area contributed by atoms with E-state index in [1.165, 1.54) is 0 Å². The summed E-state index contributed by atoms with van der Waals surface area (Å²) >= 11 is 5.36. The molecule has 0 saturated carbocycles. The molecule has 204 valence electrons. The number of nitrogens with one attached hydrogen (secondary N) is 2. The summed E-state index contributed by atoms with van der Waals surface area (Å²) in [5, 5.41) is 23.7. The van der Waals surface area contributed by atoms with Crippen LogP contribution in [0.15, 0.2) is 54.6 Å². The number of hydrogen-bond acceptors (Lipinski definition) is 7. The van der Waals surface area contributed by atoms with E-state index in [9.17, 15) is 19.5 Å². The average Bonchev–Trinajstić information content (AvgIpc) is 3.67. The molecule has 0 aliphatic carbocycles. The van der Waals surface area contributed by atoms with Crippen molar-refractivity contribution in [2.24, 2.45) is 11.8 Å². The highest BCUT2D eigenvalue weighted by Gasteiger charge is 2.75. The molecule has 3 aliphatic rings. The van der Waals surface area contributed by atoms with Crippen LogP contribution in [-0.2, 0) is 27.6 Å². The van der Waals surface area contributed by atoms with Crippen LogP contribution in [0.3, 0.4) is 0 Å². The standard InChI is InChI=1S/C27H29BrN6O4S/c28-17-13-27-21(20(22(17)39-27)24(36)29-14-16-7-2-1-3-8-16)26(38)33(11-6-12-35)23(27)25(37)30-15-34-19-10-5-4-9-18(19)31-32-34/h1-5,7-10,17,20-23,35H,6,11-15H2,(H,29,36)(H,30,37)/t17?,20-,21+,22-,23?,27?/m1/s1. The van der Waals surface area contributed by atoms with E-state index in [2.05, 4.69) is 36.9 Å². The summed E-state index contributed by atoms with van der Waals surface area (Å²) in [4.78, 5) is 42.9. The molecule has 3 N–H and O–H groups in total. The van der Waals surface area contributed by atoms with Crippen LogP contribution < -0.4 is 10.6 Å². The number of hydrogen-bond donors (Lipinski definition) is 3. The molecule has 3 saturated heterocycles. The Balaban J connectivity index is 1.26. The number of aliphatic hydroxyl groups excluding tert-OH is 1. The zero-order valence-electron chi connectivity index (χ0n) is 21.1. The number of likely N-dealkylation sites (tertiary alicyclic amines) is 1. The number of benzene rings is 2. The average molecular weight is 614 g/mol. The second kappa shape index (κ2) is 10.5. The van der Waals surface area contributed by atoms with Crippen molar-refractivity contribution in [3.8, 4) is 0 Å². The number of nitrogens with zero attached hydrogens (tertiary/aromatic N) is 4. The van der Waals surface area contributed by atoms with Gasteiger partial charge in [-0.25, -0.2) is 4.68 Å². The van der Waals surface area contributed by atoms with Crippen LogP contribution in [0.25, 0.3) is 11.0 Å². The van der Waals surface area contributed by atoms with Gasteiger partial charge < -0.3 is 20.6 Å². The molecule has 3 aliphatic heterocycles. The molecule has 10 nitrogen and oxygen atoms in total. The number of alkyl halides is 1. The summed E-state index contributed by atoms with van der Waals surface area (Å²) in [7, 11) is 0. The third-order valence-electron chi connectivity index (χ3n) is 8.03. The highest BCUT2D eigenvalue weighted by molar-refractivity contribution is 9.09. The van der Waals surface area contributed by atoms with Crippen molar-refractivity contribution in [1.82, 2.24) is 30.5 Å². The van der Waals surface area contributed by atoms with Crippen LogP contribution in [0.1, 0.15) is 18.4 Å². The number of halogens is 1. The summed E-state index contributed by atoms with van der Waals surface area (Å²) in [5.74, 6) is -1.82. The number of carbonyl (C=O) groups excluding carboxylic acids is 3. The zero-order chi connectivity index (χ0) is 27.1. The fourth-order valence-corrected chi connectivity index (χ4v) is 10.0. The van der Waals surface area contributed by atoms with Crippen molar-refractivity contribution in [2.45, 2.75) is 46.9 Å². The lowest BCUT2D eigenvalue weighted by molar-refractivity contribution is -0.140. The zero-order valence-corrected chi connectivity index (χ0v) is 23.5. The first kappa shape index (κ1) is 26.3. The Kier molecular flexibility index (Phi) is 7.11. The van der Waals surface area contributed by atoms with Gasteiger partial charge in [-0.1, -0.05) is 63.6 Å². The highest BCUT2D eigenvalue weighted by Crippen LogP contribution is 2.67. The molecule has 6 atom stereocenters. The maximum Gasteiger partial charge on any atom is 0.245 e. The van der Waals surface area contributed by atoms with E-state index < -0.39 is 22.6 Å². The molecule has 6 rings (SSSR count). The number of aliphatic hydroxyl groups is 1. The van der Waals surface area contributed by atoms with Crippen molar-refractivity contribution in [3.63, 3.8) is 0 Å². The fraction of sp³-hybridized carbons (Fsp3) is 0.444. The topological polar surface area (TPSA) is 129 Å². The van der Waals surface area contributed by atoms with Gasteiger partial charge in [0, 0.05) is 29.8 Å². The number of para-hydroxylation sites is 1. The van der Waals surface area contributed by atoms with Gasteiger partial charge in [0.1, 0.15) is 18.2 Å². The molecule has 3 amide bonds. The Morgan fingerprint density at radius 2 is 1.87 bits per heavy atom. The normalized spacial score (nSPS) is 29.1. The van der Waals surface area contributed by atoms with Gasteiger partial charge in [-0.05, 0) is 30.5 Å². The number of thioether (sulfide) groups is 1. The molecule has 3 unspecified atom stereocenters. The van der Waals surface area contributed by atoms with E-state index in [1.54, 1.807) is 21.3 Å². The van der Waals surface area contributed by atoms with Gasteiger partial charge in [-0.15, -0.1) is 16.9 Å². The predicted octanol–water partition coefficient (Wildman–Crippen LogP) is 1.67. The minimum absolute atomic E-state index is 0.00799. The molecule has 3 fully saturated rings.